The van der Waals surface area contributed by atoms with Gasteiger partial charge in [0.2, 0.25) is 0 Å². The van der Waals surface area contributed by atoms with Gasteiger partial charge in [0, 0.05) is 6.08 Å². The van der Waals surface area contributed by atoms with Gasteiger partial charge in [0.1, 0.15) is 11.2 Å². The molecule has 0 aliphatic heterocycles. The molecule has 3 heteroatoms. The summed E-state index contributed by atoms with van der Waals surface area (Å²) >= 11 is 0. The Bertz CT molecular complexity index is 824. The number of allylic oxidation sites excluding steroid dienone is 8. The zero-order valence-electron chi connectivity index (χ0n) is 20.4. The van der Waals surface area contributed by atoms with Gasteiger partial charge in [-0.2, -0.15) is 0 Å². The number of ketones is 2. The molecule has 0 radical (unpaired) electrons. The summed E-state index contributed by atoms with van der Waals surface area (Å²) in [6, 6.07) is 0. The lowest BCUT2D eigenvalue weighted by atomic mass is 9.41. The normalized spacial score (nSPS) is 29.6. The third-order valence-electron chi connectivity index (χ3n) is 7.40. The van der Waals surface area contributed by atoms with Crippen LogP contribution in [0.4, 0.5) is 0 Å². The van der Waals surface area contributed by atoms with Crippen LogP contribution in [0.1, 0.15) is 81.1 Å². The van der Waals surface area contributed by atoms with Crippen molar-refractivity contribution in [3.05, 3.63) is 46.8 Å². The Hall–Kier alpha value is -1.90. The van der Waals surface area contributed by atoms with Crippen LogP contribution in [0.15, 0.2) is 46.8 Å². The van der Waals surface area contributed by atoms with Gasteiger partial charge in [0.15, 0.2) is 11.6 Å². The summed E-state index contributed by atoms with van der Waals surface area (Å²) in [6.45, 7) is 16.6. The zero-order chi connectivity index (χ0) is 22.9. The Morgan fingerprint density at radius 3 is 2.00 bits per heavy atom. The first-order chi connectivity index (χ1) is 13.8. The van der Waals surface area contributed by atoms with E-state index in [1.54, 1.807) is 13.2 Å². The van der Waals surface area contributed by atoms with Gasteiger partial charge in [-0.05, 0) is 78.6 Å². The van der Waals surface area contributed by atoms with Crippen LogP contribution >= 0.6 is 0 Å². The molecule has 3 atom stereocenters. The second-order valence-electron chi connectivity index (χ2n) is 10.5. The second-order valence-corrected chi connectivity index (χ2v) is 10.5. The molecule has 0 heterocycles. The van der Waals surface area contributed by atoms with Gasteiger partial charge < -0.3 is 4.74 Å². The molecule has 0 spiro atoms. The smallest absolute Gasteiger partial charge is 0.173 e. The van der Waals surface area contributed by atoms with Crippen molar-refractivity contribution >= 4 is 11.6 Å². The number of hydrogen-bond donors (Lipinski definition) is 0. The van der Waals surface area contributed by atoms with Crippen LogP contribution in [-0.2, 0) is 14.3 Å². The predicted octanol–water partition coefficient (Wildman–Crippen LogP) is 6.76. The van der Waals surface area contributed by atoms with E-state index in [1.807, 2.05) is 13.8 Å². The topological polar surface area (TPSA) is 43.4 Å². The minimum absolute atomic E-state index is 0.0489. The molecule has 3 nitrogen and oxygen atoms in total. The highest BCUT2D eigenvalue weighted by atomic mass is 16.5. The summed E-state index contributed by atoms with van der Waals surface area (Å²) in [5, 5.41) is 0. The highest BCUT2D eigenvalue weighted by Crippen LogP contribution is 2.65. The van der Waals surface area contributed by atoms with Crippen molar-refractivity contribution in [2.24, 2.45) is 22.2 Å². The van der Waals surface area contributed by atoms with Crippen LogP contribution in [0.2, 0.25) is 0 Å². The first kappa shape index (κ1) is 24.4. The van der Waals surface area contributed by atoms with Crippen molar-refractivity contribution in [1.29, 1.82) is 0 Å². The van der Waals surface area contributed by atoms with Crippen LogP contribution in [0.5, 0.6) is 0 Å². The molecule has 2 bridgehead atoms. The minimum atomic E-state index is -1.06. The number of methoxy groups -OCH3 is 1. The molecular weight excluding hydrogens is 372 g/mol. The number of rotatable bonds is 7. The van der Waals surface area contributed by atoms with Crippen molar-refractivity contribution in [3.63, 3.8) is 0 Å². The van der Waals surface area contributed by atoms with E-state index in [-0.39, 0.29) is 17.5 Å². The first-order valence-electron chi connectivity index (χ1n) is 11.1. The van der Waals surface area contributed by atoms with Gasteiger partial charge in [0.05, 0.1) is 12.5 Å². The Morgan fingerprint density at radius 1 is 0.967 bits per heavy atom. The molecule has 30 heavy (non-hydrogen) atoms. The van der Waals surface area contributed by atoms with Crippen molar-refractivity contribution in [3.8, 4) is 0 Å². The standard InChI is InChI=1S/C27H40O3/c1-18(2)10-11-21-17-26(14-12-19(3)4)23(30-9)16-22(28)27(24(26)29,25(21,7)8)15-13-20(5)6/h10,12-13,16,21H,11,14-15,17H2,1-9H3/t21-,26+,27-/m1/s1. The highest BCUT2D eigenvalue weighted by molar-refractivity contribution is 6.18. The lowest BCUT2D eigenvalue weighted by Crippen LogP contribution is -2.65. The maximum absolute atomic E-state index is 14.3. The number of carbonyl (C=O) groups excluding carboxylic acids is 2. The molecule has 0 N–H and O–H groups in total. The maximum Gasteiger partial charge on any atom is 0.173 e. The van der Waals surface area contributed by atoms with Crippen LogP contribution in [0.3, 0.4) is 0 Å². The van der Waals surface area contributed by atoms with Crippen molar-refractivity contribution in [2.45, 2.75) is 81.1 Å². The average molecular weight is 413 g/mol. The number of hydrogen-bond acceptors (Lipinski definition) is 3. The van der Waals surface area contributed by atoms with Crippen LogP contribution in [0.25, 0.3) is 0 Å². The van der Waals surface area contributed by atoms with Crippen LogP contribution in [0, 0.1) is 22.2 Å². The van der Waals surface area contributed by atoms with E-state index >= 15 is 0 Å². The Labute approximate surface area is 183 Å². The van der Waals surface area contributed by atoms with Gasteiger partial charge in [-0.3, -0.25) is 9.59 Å². The summed E-state index contributed by atoms with van der Waals surface area (Å²) < 4.78 is 5.73. The molecule has 0 aromatic carbocycles. The van der Waals surface area contributed by atoms with Crippen molar-refractivity contribution in [2.75, 3.05) is 7.11 Å². The summed E-state index contributed by atoms with van der Waals surface area (Å²) in [5.74, 6) is 0.693. The van der Waals surface area contributed by atoms with E-state index in [0.29, 0.717) is 25.0 Å². The average Bonchev–Trinajstić information content (AvgIpc) is 2.63. The molecule has 1 saturated carbocycles. The third kappa shape index (κ3) is 3.88. The summed E-state index contributed by atoms with van der Waals surface area (Å²) in [6.07, 6.45) is 10.7. The fourth-order valence-corrected chi connectivity index (χ4v) is 5.32. The lowest BCUT2D eigenvalue weighted by Gasteiger charge is -2.59. The summed E-state index contributed by atoms with van der Waals surface area (Å²) in [4.78, 5) is 28.0. The lowest BCUT2D eigenvalue weighted by molar-refractivity contribution is -0.171. The maximum atomic E-state index is 14.3. The van der Waals surface area contributed by atoms with E-state index in [1.165, 1.54) is 11.1 Å². The zero-order valence-corrected chi connectivity index (χ0v) is 20.4. The predicted molar refractivity (Wildman–Crippen MR) is 124 cm³/mol. The monoisotopic (exact) mass is 412 g/mol. The number of fused-ring (bicyclic) bond motifs is 2. The van der Waals surface area contributed by atoms with Gasteiger partial charge >= 0.3 is 0 Å². The molecule has 0 saturated heterocycles. The molecule has 0 aromatic heterocycles. The Morgan fingerprint density at radius 2 is 1.50 bits per heavy atom. The second kappa shape index (κ2) is 8.69. The van der Waals surface area contributed by atoms with E-state index in [2.05, 4.69) is 59.8 Å². The quantitative estimate of drug-likeness (QED) is 0.343. The summed E-state index contributed by atoms with van der Waals surface area (Å²) in [7, 11) is 1.59. The SMILES string of the molecule is COC1=CC(=O)[C@]2(CC=C(C)C)C(=O)[C@@]1(CC=C(C)C)C[C@@H](CC=C(C)C)C2(C)C. The Kier molecular flexibility index (Phi) is 7.06. The highest BCUT2D eigenvalue weighted by Gasteiger charge is 2.70. The minimum Gasteiger partial charge on any atom is -0.500 e. The van der Waals surface area contributed by atoms with E-state index in [4.69, 9.17) is 4.74 Å². The van der Waals surface area contributed by atoms with Crippen LogP contribution in [-0.4, -0.2) is 18.7 Å². The summed E-state index contributed by atoms with van der Waals surface area (Å²) in [5.41, 5.74) is 1.28. The molecule has 166 valence electrons. The molecular formula is C27H40O3. The number of carbonyl (C=O) groups is 2. The number of Topliss-reactive ketones (excluding diaryl/α,β-unsaturated/α-hetero) is 1. The van der Waals surface area contributed by atoms with Crippen molar-refractivity contribution in [1.82, 2.24) is 0 Å². The molecule has 2 aliphatic rings. The fourth-order valence-electron chi connectivity index (χ4n) is 5.32. The Balaban J connectivity index is 2.81. The van der Waals surface area contributed by atoms with Gasteiger partial charge in [-0.25, -0.2) is 0 Å². The van der Waals surface area contributed by atoms with Crippen molar-refractivity contribution < 1.29 is 14.3 Å². The van der Waals surface area contributed by atoms with E-state index in [0.717, 1.165) is 12.0 Å². The number of ether oxygens (including phenoxy) is 1. The fraction of sp³-hybridized carbons (Fsp3) is 0.630. The van der Waals surface area contributed by atoms with Gasteiger partial charge in [-0.15, -0.1) is 0 Å². The van der Waals surface area contributed by atoms with E-state index < -0.39 is 16.2 Å². The molecule has 0 aromatic rings. The third-order valence-corrected chi connectivity index (χ3v) is 7.40. The molecule has 0 unspecified atom stereocenters. The van der Waals surface area contributed by atoms with E-state index in [9.17, 15) is 9.59 Å². The first-order valence-corrected chi connectivity index (χ1v) is 11.1. The molecule has 2 aliphatic carbocycles. The largest absolute Gasteiger partial charge is 0.500 e. The molecule has 0 amide bonds. The van der Waals surface area contributed by atoms with Gasteiger partial charge in [-0.1, -0.05) is 48.8 Å². The molecule has 1 fully saturated rings. The van der Waals surface area contributed by atoms with Gasteiger partial charge in [0.25, 0.3) is 0 Å². The molecule has 2 rings (SSSR count). The van der Waals surface area contributed by atoms with Crippen LogP contribution < -0.4 is 0 Å².